The van der Waals surface area contributed by atoms with E-state index in [2.05, 4.69) is 22.4 Å². The molecule has 1 aromatic rings. The van der Waals surface area contributed by atoms with Crippen molar-refractivity contribution in [2.24, 2.45) is 5.92 Å². The average Bonchev–Trinajstić information content (AvgIpc) is 3.01. The first-order valence-corrected chi connectivity index (χ1v) is 7.37. The van der Waals surface area contributed by atoms with Crippen molar-refractivity contribution >= 4 is 0 Å². The fourth-order valence-electron chi connectivity index (χ4n) is 3.33. The summed E-state index contributed by atoms with van der Waals surface area (Å²) in [6.45, 7) is 3.46. The van der Waals surface area contributed by atoms with Crippen molar-refractivity contribution in [2.75, 3.05) is 6.54 Å². The van der Waals surface area contributed by atoms with Gasteiger partial charge in [-0.25, -0.2) is 0 Å². The summed E-state index contributed by atoms with van der Waals surface area (Å²) in [6, 6.07) is 0.545. The first kappa shape index (κ1) is 12.2. The third kappa shape index (κ3) is 2.74. The van der Waals surface area contributed by atoms with Crippen molar-refractivity contribution in [2.45, 2.75) is 63.8 Å². The van der Waals surface area contributed by atoms with Gasteiger partial charge >= 0.3 is 0 Å². The summed E-state index contributed by atoms with van der Waals surface area (Å²) in [5.41, 5.74) is 0. The molecular weight excluding hydrogens is 226 g/mol. The maximum Gasteiger partial charge on any atom is 0.228 e. The van der Waals surface area contributed by atoms with Gasteiger partial charge < -0.3 is 9.84 Å². The molecule has 0 aromatic carbocycles. The second-order valence-corrected chi connectivity index (χ2v) is 6.01. The summed E-state index contributed by atoms with van der Waals surface area (Å²) in [7, 11) is 0. The molecule has 18 heavy (non-hydrogen) atoms. The van der Waals surface area contributed by atoms with Crippen LogP contribution in [0, 0.1) is 5.92 Å². The summed E-state index contributed by atoms with van der Waals surface area (Å²) in [6.07, 6.45) is 8.51. The van der Waals surface area contributed by atoms with E-state index in [1.807, 2.05) is 0 Å². The van der Waals surface area contributed by atoms with Crippen LogP contribution in [0.3, 0.4) is 0 Å². The largest absolute Gasteiger partial charge is 0.339 e. The van der Waals surface area contributed by atoms with Gasteiger partial charge in [0.05, 0.1) is 0 Å². The van der Waals surface area contributed by atoms with Crippen molar-refractivity contribution < 1.29 is 4.52 Å². The number of aromatic nitrogens is 2. The molecule has 3 rings (SSSR count). The third-order valence-corrected chi connectivity index (χ3v) is 4.37. The minimum Gasteiger partial charge on any atom is -0.339 e. The molecule has 4 heteroatoms. The van der Waals surface area contributed by atoms with E-state index in [0.29, 0.717) is 12.0 Å². The van der Waals surface area contributed by atoms with Crippen molar-refractivity contribution in [1.29, 1.82) is 0 Å². The van der Waals surface area contributed by atoms with Crippen LogP contribution < -0.4 is 5.32 Å². The minimum atomic E-state index is 0.530. The monoisotopic (exact) mass is 249 g/mol. The zero-order valence-electron chi connectivity index (χ0n) is 11.2. The molecule has 1 N–H and O–H groups in total. The molecule has 4 nitrogen and oxygen atoms in total. The van der Waals surface area contributed by atoms with Crippen LogP contribution in [0.2, 0.25) is 0 Å². The molecule has 0 spiro atoms. The van der Waals surface area contributed by atoms with Crippen LogP contribution in [0.15, 0.2) is 4.52 Å². The number of hydrogen-bond acceptors (Lipinski definition) is 4. The van der Waals surface area contributed by atoms with E-state index in [-0.39, 0.29) is 0 Å². The van der Waals surface area contributed by atoms with Gasteiger partial charge in [0.2, 0.25) is 5.89 Å². The highest BCUT2D eigenvalue weighted by molar-refractivity contribution is 4.99. The highest BCUT2D eigenvalue weighted by atomic mass is 16.5. The first-order chi connectivity index (χ1) is 8.81. The zero-order chi connectivity index (χ0) is 12.4. The average molecular weight is 249 g/mol. The molecule has 1 saturated heterocycles. The lowest BCUT2D eigenvalue weighted by atomic mass is 9.82. The molecule has 0 amide bonds. The van der Waals surface area contributed by atoms with Crippen molar-refractivity contribution in [3.63, 3.8) is 0 Å². The van der Waals surface area contributed by atoms with E-state index in [1.54, 1.807) is 0 Å². The summed E-state index contributed by atoms with van der Waals surface area (Å²) in [4.78, 5) is 4.61. The van der Waals surface area contributed by atoms with Crippen molar-refractivity contribution in [1.82, 2.24) is 15.5 Å². The lowest BCUT2D eigenvalue weighted by molar-refractivity contribution is 0.318. The normalized spacial score (nSPS) is 32.8. The van der Waals surface area contributed by atoms with Crippen molar-refractivity contribution in [3.05, 3.63) is 11.7 Å². The quantitative estimate of drug-likeness (QED) is 0.894. The zero-order valence-corrected chi connectivity index (χ0v) is 11.2. The van der Waals surface area contributed by atoms with E-state index >= 15 is 0 Å². The van der Waals surface area contributed by atoms with Gasteiger partial charge in [0.1, 0.15) is 0 Å². The second kappa shape index (κ2) is 5.39. The predicted molar refractivity (Wildman–Crippen MR) is 69.4 cm³/mol. The van der Waals surface area contributed by atoms with Gasteiger partial charge in [-0.05, 0) is 38.1 Å². The second-order valence-electron chi connectivity index (χ2n) is 6.01. The maximum absolute atomic E-state index is 5.41. The molecule has 2 aliphatic rings. The fourth-order valence-corrected chi connectivity index (χ4v) is 3.33. The maximum atomic E-state index is 5.41. The molecule has 100 valence electrons. The van der Waals surface area contributed by atoms with Crippen LogP contribution in [0.25, 0.3) is 0 Å². The van der Waals surface area contributed by atoms with Crippen LogP contribution in [0.5, 0.6) is 0 Å². The molecule has 2 fully saturated rings. The predicted octanol–water partition coefficient (Wildman–Crippen LogP) is 2.66. The van der Waals surface area contributed by atoms with E-state index in [4.69, 9.17) is 4.52 Å². The summed E-state index contributed by atoms with van der Waals surface area (Å²) in [5.74, 6) is 3.11. The van der Waals surface area contributed by atoms with Gasteiger partial charge in [0, 0.05) is 18.4 Å². The first-order valence-electron chi connectivity index (χ1n) is 7.37. The number of rotatable bonds is 3. The Hall–Kier alpha value is -0.900. The van der Waals surface area contributed by atoms with Crippen LogP contribution in [0.4, 0.5) is 0 Å². The topological polar surface area (TPSA) is 51.0 Å². The Morgan fingerprint density at radius 2 is 2.22 bits per heavy atom. The third-order valence-electron chi connectivity index (χ3n) is 4.37. The molecular formula is C14H23N3O. The molecule has 0 bridgehead atoms. The Bertz CT molecular complexity index is 384. The van der Waals surface area contributed by atoms with Crippen molar-refractivity contribution in [3.8, 4) is 0 Å². The number of nitrogens with zero attached hydrogens (tertiary/aromatic N) is 2. The van der Waals surface area contributed by atoms with E-state index in [1.165, 1.54) is 38.5 Å². The Labute approximate surface area is 109 Å². The van der Waals surface area contributed by atoms with Gasteiger partial charge in [-0.2, -0.15) is 4.98 Å². The Balaban J connectivity index is 1.61. The molecule has 0 radical (unpaired) electrons. The highest BCUT2D eigenvalue weighted by Gasteiger charge is 2.25. The summed E-state index contributed by atoms with van der Waals surface area (Å²) >= 11 is 0. The smallest absolute Gasteiger partial charge is 0.228 e. The summed E-state index contributed by atoms with van der Waals surface area (Å²) in [5, 5.41) is 7.68. The van der Waals surface area contributed by atoms with Gasteiger partial charge in [-0.15, -0.1) is 0 Å². The fraction of sp³-hybridized carbons (Fsp3) is 0.857. The van der Waals surface area contributed by atoms with Crippen LogP contribution in [0.1, 0.15) is 63.1 Å². The molecule has 3 unspecified atom stereocenters. The Morgan fingerprint density at radius 1 is 1.28 bits per heavy atom. The van der Waals surface area contributed by atoms with Crippen LogP contribution in [-0.4, -0.2) is 22.7 Å². The van der Waals surface area contributed by atoms with Crippen LogP contribution in [-0.2, 0) is 6.42 Å². The molecule has 1 saturated carbocycles. The molecule has 1 aromatic heterocycles. The number of hydrogen-bond donors (Lipinski definition) is 1. The van der Waals surface area contributed by atoms with Gasteiger partial charge in [0.15, 0.2) is 5.82 Å². The Kier molecular flexibility index (Phi) is 3.64. The van der Waals surface area contributed by atoms with Gasteiger partial charge in [-0.1, -0.05) is 24.9 Å². The highest BCUT2D eigenvalue weighted by Crippen LogP contribution is 2.34. The number of nitrogens with one attached hydrogen (secondary N) is 1. The Morgan fingerprint density at radius 3 is 3.00 bits per heavy atom. The van der Waals surface area contributed by atoms with Gasteiger partial charge in [0.25, 0.3) is 0 Å². The lowest BCUT2D eigenvalue weighted by Crippen LogP contribution is -2.23. The lowest BCUT2D eigenvalue weighted by Gasteiger charge is -2.23. The molecule has 2 heterocycles. The molecule has 3 atom stereocenters. The van der Waals surface area contributed by atoms with Gasteiger partial charge in [-0.3, -0.25) is 0 Å². The van der Waals surface area contributed by atoms with E-state index < -0.39 is 0 Å². The standard InChI is InChI=1S/C14H23N3O/c1-10-4-2-5-11(8-10)14-16-13(18-17-14)9-12-6-3-7-15-12/h10-12,15H,2-9H2,1H3. The minimum absolute atomic E-state index is 0.530. The van der Waals surface area contributed by atoms with Crippen LogP contribution >= 0.6 is 0 Å². The SMILES string of the molecule is CC1CCCC(c2noc(CC3CCCN3)n2)C1. The molecule has 1 aliphatic carbocycles. The van der Waals surface area contributed by atoms with E-state index in [9.17, 15) is 0 Å². The van der Waals surface area contributed by atoms with E-state index in [0.717, 1.165) is 30.6 Å². The summed E-state index contributed by atoms with van der Waals surface area (Å²) < 4.78 is 5.41. The molecule has 1 aliphatic heterocycles.